The molecule has 4 nitrogen and oxygen atoms in total. The zero-order valence-corrected chi connectivity index (χ0v) is 9.89. The van der Waals surface area contributed by atoms with Gasteiger partial charge in [0.15, 0.2) is 0 Å². The second-order valence-electron chi connectivity index (χ2n) is 3.71. The first-order chi connectivity index (χ1) is 7.81. The summed E-state index contributed by atoms with van der Waals surface area (Å²) in [4.78, 5) is 0. The summed E-state index contributed by atoms with van der Waals surface area (Å²) in [6.07, 6.45) is -4.58. The van der Waals surface area contributed by atoms with Crippen molar-refractivity contribution in [2.45, 2.75) is 33.2 Å². The van der Waals surface area contributed by atoms with Gasteiger partial charge < -0.3 is 9.84 Å². The number of halogens is 3. The minimum Gasteiger partial charge on any atom is -0.361 e. The van der Waals surface area contributed by atoms with Crippen LogP contribution >= 0.6 is 0 Å². The lowest BCUT2D eigenvalue weighted by atomic mass is 10.1. The number of hydrogen-bond acceptors (Lipinski definition) is 4. The summed E-state index contributed by atoms with van der Waals surface area (Å²) in [5.74, 6) is 0.666. The molecule has 0 fully saturated rings. The molecule has 17 heavy (non-hydrogen) atoms. The van der Waals surface area contributed by atoms with E-state index in [1.807, 2.05) is 6.92 Å². The minimum absolute atomic E-state index is 0.102. The van der Waals surface area contributed by atoms with Crippen LogP contribution in [0.2, 0.25) is 0 Å². The monoisotopic (exact) mass is 252 g/mol. The summed E-state index contributed by atoms with van der Waals surface area (Å²) >= 11 is 0. The number of aromatic nitrogens is 1. The van der Waals surface area contributed by atoms with Gasteiger partial charge in [0.1, 0.15) is 5.76 Å². The lowest BCUT2D eigenvalue weighted by Crippen LogP contribution is -2.26. The summed E-state index contributed by atoms with van der Waals surface area (Å²) in [5.41, 5.74) is 1.61. The number of nitrogens with zero attached hydrogens (tertiary/aromatic N) is 1. The molecule has 1 heterocycles. The van der Waals surface area contributed by atoms with E-state index in [0.717, 1.165) is 11.3 Å². The van der Waals surface area contributed by atoms with Crippen molar-refractivity contribution in [1.82, 2.24) is 10.5 Å². The van der Waals surface area contributed by atoms with Crippen LogP contribution in [0, 0.1) is 13.8 Å². The van der Waals surface area contributed by atoms with Gasteiger partial charge in [-0.05, 0) is 20.8 Å². The third kappa shape index (κ3) is 4.35. The largest absolute Gasteiger partial charge is 0.522 e. The van der Waals surface area contributed by atoms with Crippen LogP contribution in [-0.4, -0.2) is 24.7 Å². The molecular formula is C10H15F3N2O2. The molecule has 0 saturated heterocycles. The van der Waals surface area contributed by atoms with E-state index in [9.17, 15) is 13.2 Å². The first-order valence-electron chi connectivity index (χ1n) is 5.18. The maximum Gasteiger partial charge on any atom is 0.522 e. The van der Waals surface area contributed by atoms with E-state index >= 15 is 0 Å². The van der Waals surface area contributed by atoms with Crippen LogP contribution in [0.1, 0.15) is 30.0 Å². The summed E-state index contributed by atoms with van der Waals surface area (Å²) < 4.78 is 43.8. The Morgan fingerprint density at radius 1 is 1.41 bits per heavy atom. The third-order valence-electron chi connectivity index (χ3n) is 2.34. The van der Waals surface area contributed by atoms with E-state index in [0.29, 0.717) is 5.76 Å². The average Bonchev–Trinajstić information content (AvgIpc) is 2.52. The number of ether oxygens (including phenoxy) is 1. The molecule has 1 aromatic heterocycles. The summed E-state index contributed by atoms with van der Waals surface area (Å²) in [7, 11) is 0. The molecule has 0 radical (unpaired) electrons. The van der Waals surface area contributed by atoms with Crippen LogP contribution in [0.4, 0.5) is 13.2 Å². The van der Waals surface area contributed by atoms with Crippen LogP contribution in [0.15, 0.2) is 4.52 Å². The van der Waals surface area contributed by atoms with Gasteiger partial charge >= 0.3 is 6.36 Å². The number of nitrogens with one attached hydrogen (secondary N) is 1. The molecule has 0 saturated carbocycles. The maximum absolute atomic E-state index is 11.7. The Labute approximate surface area is 97.1 Å². The Kier molecular flexibility index (Phi) is 4.53. The van der Waals surface area contributed by atoms with Gasteiger partial charge in [-0.3, -0.25) is 4.74 Å². The van der Waals surface area contributed by atoms with Gasteiger partial charge in [0.05, 0.1) is 12.3 Å². The van der Waals surface area contributed by atoms with Crippen molar-refractivity contribution >= 4 is 0 Å². The number of hydrogen-bond donors (Lipinski definition) is 1. The zero-order valence-electron chi connectivity index (χ0n) is 9.89. The molecule has 1 atom stereocenters. The van der Waals surface area contributed by atoms with E-state index < -0.39 is 13.0 Å². The number of rotatable bonds is 5. The standard InChI is InChI=1S/C10H15F3N2O2/c1-6(9-7(2)15-17-8(9)3)14-4-5-16-10(11,12)13/h6,14H,4-5H2,1-3H3. The average molecular weight is 252 g/mol. The van der Waals surface area contributed by atoms with Crippen LogP contribution in [-0.2, 0) is 4.74 Å². The van der Waals surface area contributed by atoms with Crippen LogP contribution in [0.5, 0.6) is 0 Å². The molecular weight excluding hydrogens is 237 g/mol. The molecule has 0 aliphatic carbocycles. The second kappa shape index (κ2) is 5.50. The Morgan fingerprint density at radius 2 is 2.06 bits per heavy atom. The van der Waals surface area contributed by atoms with Crippen molar-refractivity contribution in [3.05, 3.63) is 17.0 Å². The quantitative estimate of drug-likeness (QED) is 0.818. The van der Waals surface area contributed by atoms with Gasteiger partial charge in [-0.2, -0.15) is 0 Å². The third-order valence-corrected chi connectivity index (χ3v) is 2.34. The van der Waals surface area contributed by atoms with Gasteiger partial charge in [0, 0.05) is 18.2 Å². The normalized spacial score (nSPS) is 14.0. The van der Waals surface area contributed by atoms with Gasteiger partial charge in [-0.1, -0.05) is 5.16 Å². The van der Waals surface area contributed by atoms with Crippen molar-refractivity contribution in [3.8, 4) is 0 Å². The molecule has 98 valence electrons. The highest BCUT2D eigenvalue weighted by atomic mass is 19.4. The highest BCUT2D eigenvalue weighted by Gasteiger charge is 2.28. The predicted octanol–water partition coefficient (Wildman–Crippen LogP) is 2.48. The highest BCUT2D eigenvalue weighted by Crippen LogP contribution is 2.20. The molecule has 0 aliphatic heterocycles. The molecule has 0 aliphatic rings. The fourth-order valence-corrected chi connectivity index (χ4v) is 1.65. The molecule has 1 rings (SSSR count). The molecule has 0 aromatic carbocycles. The number of alkyl halides is 3. The fraction of sp³-hybridized carbons (Fsp3) is 0.700. The summed E-state index contributed by atoms with van der Waals surface area (Å²) in [6, 6.07) is -0.127. The first-order valence-corrected chi connectivity index (χ1v) is 5.18. The van der Waals surface area contributed by atoms with E-state index in [1.54, 1.807) is 13.8 Å². The Hall–Kier alpha value is -1.08. The summed E-state index contributed by atoms with van der Waals surface area (Å²) in [6.45, 7) is 5.07. The van der Waals surface area contributed by atoms with Gasteiger partial charge in [0.2, 0.25) is 0 Å². The Balaban J connectivity index is 2.38. The highest BCUT2D eigenvalue weighted by molar-refractivity contribution is 5.24. The predicted molar refractivity (Wildman–Crippen MR) is 54.4 cm³/mol. The SMILES string of the molecule is Cc1noc(C)c1C(C)NCCOC(F)(F)F. The summed E-state index contributed by atoms with van der Waals surface area (Å²) in [5, 5.41) is 6.69. The van der Waals surface area contributed by atoms with E-state index in [1.165, 1.54) is 0 Å². The molecule has 0 bridgehead atoms. The van der Waals surface area contributed by atoms with Crippen LogP contribution in [0.25, 0.3) is 0 Å². The van der Waals surface area contributed by atoms with E-state index in [4.69, 9.17) is 4.52 Å². The molecule has 1 aromatic rings. The maximum atomic E-state index is 11.7. The Bertz CT molecular complexity index is 343. The molecule has 1 unspecified atom stereocenters. The van der Waals surface area contributed by atoms with Gasteiger partial charge in [-0.25, -0.2) is 0 Å². The molecule has 1 N–H and O–H groups in total. The molecule has 7 heteroatoms. The number of aryl methyl sites for hydroxylation is 2. The topological polar surface area (TPSA) is 47.3 Å². The fourth-order valence-electron chi connectivity index (χ4n) is 1.65. The van der Waals surface area contributed by atoms with Crippen molar-refractivity contribution in [2.24, 2.45) is 0 Å². The van der Waals surface area contributed by atoms with Crippen LogP contribution < -0.4 is 5.32 Å². The smallest absolute Gasteiger partial charge is 0.361 e. The molecule has 0 amide bonds. The first kappa shape index (κ1) is 14.0. The van der Waals surface area contributed by atoms with Crippen molar-refractivity contribution in [3.63, 3.8) is 0 Å². The Morgan fingerprint density at radius 3 is 2.53 bits per heavy atom. The lowest BCUT2D eigenvalue weighted by Gasteiger charge is -2.14. The minimum atomic E-state index is -4.58. The van der Waals surface area contributed by atoms with Crippen molar-refractivity contribution in [2.75, 3.05) is 13.2 Å². The van der Waals surface area contributed by atoms with E-state index in [2.05, 4.69) is 15.2 Å². The lowest BCUT2D eigenvalue weighted by molar-refractivity contribution is -0.323. The van der Waals surface area contributed by atoms with E-state index in [-0.39, 0.29) is 12.6 Å². The van der Waals surface area contributed by atoms with Crippen molar-refractivity contribution in [1.29, 1.82) is 0 Å². The van der Waals surface area contributed by atoms with Crippen LogP contribution in [0.3, 0.4) is 0 Å². The zero-order chi connectivity index (χ0) is 13.1. The molecule has 0 spiro atoms. The van der Waals surface area contributed by atoms with Gasteiger partial charge in [-0.15, -0.1) is 13.2 Å². The van der Waals surface area contributed by atoms with Crippen molar-refractivity contribution < 1.29 is 22.4 Å². The van der Waals surface area contributed by atoms with Gasteiger partial charge in [0.25, 0.3) is 0 Å². The second-order valence-corrected chi connectivity index (χ2v) is 3.71.